The van der Waals surface area contributed by atoms with Crippen LogP contribution in [-0.2, 0) is 4.79 Å². The molecular formula is C9H10O3S. The number of hydrogen-bond donors (Lipinski definition) is 2. The van der Waals surface area contributed by atoms with E-state index in [2.05, 4.69) is 0 Å². The van der Waals surface area contributed by atoms with Crippen LogP contribution in [-0.4, -0.2) is 21.4 Å². The molecule has 13 heavy (non-hydrogen) atoms. The monoisotopic (exact) mass is 198 g/mol. The van der Waals surface area contributed by atoms with Gasteiger partial charge in [-0.25, -0.2) is 0 Å². The van der Waals surface area contributed by atoms with E-state index in [1.807, 2.05) is 0 Å². The molecule has 0 spiro atoms. The van der Waals surface area contributed by atoms with Crippen molar-refractivity contribution in [3.8, 4) is 5.75 Å². The van der Waals surface area contributed by atoms with Crippen LogP contribution < -0.4 is 0 Å². The number of phenolic OH excluding ortho intramolecular Hbond substituents is 1. The standard InChI is InChI=1S/C9H10O3S/c1-6(9(11)12)13-8-5-3-2-4-7(8)10/h2-6,10H,1H3,(H,11,12). The molecule has 0 saturated carbocycles. The summed E-state index contributed by atoms with van der Waals surface area (Å²) in [5.41, 5.74) is 0. The third-order valence-corrected chi connectivity index (χ3v) is 2.67. The fourth-order valence-electron chi connectivity index (χ4n) is 0.798. The Morgan fingerprint density at radius 1 is 1.46 bits per heavy atom. The zero-order chi connectivity index (χ0) is 9.84. The minimum Gasteiger partial charge on any atom is -0.507 e. The van der Waals surface area contributed by atoms with E-state index < -0.39 is 11.2 Å². The third kappa shape index (κ3) is 2.66. The Kier molecular flexibility index (Phi) is 3.19. The lowest BCUT2D eigenvalue weighted by molar-refractivity contribution is -0.136. The smallest absolute Gasteiger partial charge is 0.316 e. The van der Waals surface area contributed by atoms with Crippen LogP contribution in [0.5, 0.6) is 5.75 Å². The van der Waals surface area contributed by atoms with Gasteiger partial charge in [-0.05, 0) is 19.1 Å². The van der Waals surface area contributed by atoms with Crippen molar-refractivity contribution in [2.24, 2.45) is 0 Å². The Labute approximate surface area is 80.4 Å². The molecule has 0 heterocycles. The molecule has 0 aliphatic rings. The lowest BCUT2D eigenvalue weighted by Crippen LogP contribution is -2.10. The van der Waals surface area contributed by atoms with Gasteiger partial charge in [0.2, 0.25) is 0 Å². The highest BCUT2D eigenvalue weighted by Crippen LogP contribution is 2.30. The zero-order valence-electron chi connectivity index (χ0n) is 7.10. The summed E-state index contributed by atoms with van der Waals surface area (Å²) in [7, 11) is 0. The number of aliphatic carboxylic acids is 1. The maximum atomic E-state index is 10.5. The Balaban J connectivity index is 2.74. The maximum Gasteiger partial charge on any atom is 0.316 e. The molecule has 0 aliphatic carbocycles. The first-order valence-electron chi connectivity index (χ1n) is 3.78. The summed E-state index contributed by atoms with van der Waals surface area (Å²) in [6.07, 6.45) is 0. The predicted octanol–water partition coefficient (Wildman–Crippen LogP) is 1.96. The molecule has 1 unspecified atom stereocenters. The molecule has 3 nitrogen and oxygen atoms in total. The van der Waals surface area contributed by atoms with Crippen LogP contribution in [0.3, 0.4) is 0 Å². The summed E-state index contributed by atoms with van der Waals surface area (Å²) in [5.74, 6) is -0.756. The molecular weight excluding hydrogens is 188 g/mol. The summed E-state index contributed by atoms with van der Waals surface area (Å²) in [6.45, 7) is 1.58. The fraction of sp³-hybridized carbons (Fsp3) is 0.222. The number of aromatic hydroxyl groups is 1. The molecule has 1 rings (SSSR count). The van der Waals surface area contributed by atoms with E-state index in [0.29, 0.717) is 4.90 Å². The molecule has 0 aromatic heterocycles. The number of phenols is 1. The van der Waals surface area contributed by atoms with Crippen LogP contribution >= 0.6 is 11.8 Å². The summed E-state index contributed by atoms with van der Waals surface area (Å²) in [6, 6.07) is 6.69. The second kappa shape index (κ2) is 4.18. The normalized spacial score (nSPS) is 12.4. The largest absolute Gasteiger partial charge is 0.507 e. The highest BCUT2D eigenvalue weighted by atomic mass is 32.2. The van der Waals surface area contributed by atoms with E-state index in [1.54, 1.807) is 25.1 Å². The van der Waals surface area contributed by atoms with Crippen molar-refractivity contribution in [1.82, 2.24) is 0 Å². The summed E-state index contributed by atoms with van der Waals surface area (Å²) in [4.78, 5) is 11.1. The van der Waals surface area contributed by atoms with Crippen LogP contribution in [0, 0.1) is 0 Å². The van der Waals surface area contributed by atoms with Gasteiger partial charge in [-0.3, -0.25) is 4.79 Å². The molecule has 0 fully saturated rings. The maximum absolute atomic E-state index is 10.5. The number of carboxylic acid groups (broad SMARTS) is 1. The van der Waals surface area contributed by atoms with Gasteiger partial charge in [0.05, 0.1) is 0 Å². The van der Waals surface area contributed by atoms with E-state index in [-0.39, 0.29) is 5.75 Å². The molecule has 0 saturated heterocycles. The Hall–Kier alpha value is -1.16. The number of thioether (sulfide) groups is 1. The van der Waals surface area contributed by atoms with Crippen molar-refractivity contribution in [2.75, 3.05) is 0 Å². The van der Waals surface area contributed by atoms with Crippen molar-refractivity contribution in [3.05, 3.63) is 24.3 Å². The van der Waals surface area contributed by atoms with Gasteiger partial charge >= 0.3 is 5.97 Å². The molecule has 0 radical (unpaired) electrons. The number of rotatable bonds is 3. The van der Waals surface area contributed by atoms with Crippen molar-refractivity contribution in [1.29, 1.82) is 0 Å². The van der Waals surface area contributed by atoms with Crippen molar-refractivity contribution in [2.45, 2.75) is 17.1 Å². The Morgan fingerprint density at radius 3 is 2.62 bits per heavy atom. The summed E-state index contributed by atoms with van der Waals surface area (Å²) in [5, 5.41) is 17.4. The second-order valence-electron chi connectivity index (χ2n) is 2.57. The number of hydrogen-bond acceptors (Lipinski definition) is 3. The van der Waals surface area contributed by atoms with Crippen molar-refractivity contribution in [3.63, 3.8) is 0 Å². The average Bonchev–Trinajstić information content (AvgIpc) is 2.08. The molecule has 1 atom stereocenters. The molecule has 70 valence electrons. The third-order valence-electron chi connectivity index (χ3n) is 1.52. The first kappa shape index (κ1) is 9.92. The van der Waals surface area contributed by atoms with Crippen molar-refractivity contribution < 1.29 is 15.0 Å². The topological polar surface area (TPSA) is 57.5 Å². The van der Waals surface area contributed by atoms with Gasteiger partial charge in [0, 0.05) is 4.90 Å². The number of benzene rings is 1. The van der Waals surface area contributed by atoms with Gasteiger partial charge in [0.15, 0.2) is 0 Å². The van der Waals surface area contributed by atoms with Crippen molar-refractivity contribution >= 4 is 17.7 Å². The Bertz CT molecular complexity index is 311. The van der Waals surface area contributed by atoms with Gasteiger partial charge in [0.1, 0.15) is 11.0 Å². The lowest BCUT2D eigenvalue weighted by atomic mass is 10.3. The fourth-order valence-corrected chi connectivity index (χ4v) is 1.63. The number of para-hydroxylation sites is 1. The highest BCUT2D eigenvalue weighted by Gasteiger charge is 2.13. The zero-order valence-corrected chi connectivity index (χ0v) is 7.91. The van der Waals surface area contributed by atoms with Crippen LogP contribution in [0.2, 0.25) is 0 Å². The first-order chi connectivity index (χ1) is 6.11. The second-order valence-corrected chi connectivity index (χ2v) is 3.95. The highest BCUT2D eigenvalue weighted by molar-refractivity contribution is 8.00. The van der Waals surface area contributed by atoms with Crippen LogP contribution in [0.15, 0.2) is 29.2 Å². The van der Waals surface area contributed by atoms with Gasteiger partial charge in [-0.1, -0.05) is 12.1 Å². The minimum atomic E-state index is -0.881. The van der Waals surface area contributed by atoms with Gasteiger partial charge in [-0.2, -0.15) is 0 Å². The van der Waals surface area contributed by atoms with E-state index >= 15 is 0 Å². The molecule has 4 heteroatoms. The predicted molar refractivity (Wildman–Crippen MR) is 51.1 cm³/mol. The summed E-state index contributed by atoms with van der Waals surface area (Å²) < 4.78 is 0. The quantitative estimate of drug-likeness (QED) is 0.729. The van der Waals surface area contributed by atoms with Crippen LogP contribution in [0.1, 0.15) is 6.92 Å². The molecule has 1 aromatic rings. The first-order valence-corrected chi connectivity index (χ1v) is 4.66. The van der Waals surface area contributed by atoms with E-state index in [4.69, 9.17) is 5.11 Å². The lowest BCUT2D eigenvalue weighted by Gasteiger charge is -2.06. The van der Waals surface area contributed by atoms with Gasteiger partial charge in [-0.15, -0.1) is 11.8 Å². The SMILES string of the molecule is CC(Sc1ccccc1O)C(=O)O. The molecule has 0 amide bonds. The van der Waals surface area contributed by atoms with Gasteiger partial charge in [0.25, 0.3) is 0 Å². The summed E-state index contributed by atoms with van der Waals surface area (Å²) >= 11 is 1.13. The number of carbonyl (C=O) groups is 1. The van der Waals surface area contributed by atoms with Crippen LogP contribution in [0.25, 0.3) is 0 Å². The van der Waals surface area contributed by atoms with Gasteiger partial charge < -0.3 is 10.2 Å². The Morgan fingerprint density at radius 2 is 2.08 bits per heavy atom. The molecule has 0 bridgehead atoms. The minimum absolute atomic E-state index is 0.126. The molecule has 2 N–H and O–H groups in total. The average molecular weight is 198 g/mol. The van der Waals surface area contributed by atoms with E-state index in [0.717, 1.165) is 11.8 Å². The van der Waals surface area contributed by atoms with E-state index in [1.165, 1.54) is 6.07 Å². The molecule has 1 aromatic carbocycles. The van der Waals surface area contributed by atoms with Crippen LogP contribution in [0.4, 0.5) is 0 Å². The number of carboxylic acids is 1. The molecule has 0 aliphatic heterocycles. The van der Waals surface area contributed by atoms with E-state index in [9.17, 15) is 9.90 Å².